The fraction of sp³-hybridized carbons (Fsp3) is 0.294. The summed E-state index contributed by atoms with van der Waals surface area (Å²) in [6.45, 7) is 0. The highest BCUT2D eigenvalue weighted by Crippen LogP contribution is 2.30. The summed E-state index contributed by atoms with van der Waals surface area (Å²) in [5.74, 6) is 0.178. The Labute approximate surface area is 144 Å². The van der Waals surface area contributed by atoms with Crippen LogP contribution in [0.3, 0.4) is 0 Å². The van der Waals surface area contributed by atoms with Crippen LogP contribution in [0.1, 0.15) is 34.5 Å². The van der Waals surface area contributed by atoms with Crippen molar-refractivity contribution in [1.82, 2.24) is 4.98 Å². The zero-order valence-corrected chi connectivity index (χ0v) is 14.0. The zero-order valence-electron chi connectivity index (χ0n) is 11.8. The Morgan fingerprint density at radius 2 is 1.95 bits per heavy atom. The summed E-state index contributed by atoms with van der Waals surface area (Å²) in [5.41, 5.74) is 2.56. The number of rotatable bonds is 3. The first-order valence-corrected chi connectivity index (χ1v) is 8.31. The number of hydrogen-bond acceptors (Lipinski definition) is 2. The van der Waals surface area contributed by atoms with E-state index in [1.807, 2.05) is 12.1 Å². The molecule has 0 saturated carbocycles. The third-order valence-electron chi connectivity index (χ3n) is 4.08. The van der Waals surface area contributed by atoms with Crippen molar-refractivity contribution < 1.29 is 4.79 Å². The third kappa shape index (κ3) is 3.29. The van der Waals surface area contributed by atoms with Gasteiger partial charge in [0.05, 0.1) is 5.69 Å². The van der Waals surface area contributed by atoms with Crippen molar-refractivity contribution in [3.8, 4) is 0 Å². The van der Waals surface area contributed by atoms with Crippen LogP contribution in [0, 0.1) is 5.92 Å². The van der Waals surface area contributed by atoms with Gasteiger partial charge in [0.25, 0.3) is 0 Å². The highest BCUT2D eigenvalue weighted by molar-refractivity contribution is 6.35. The number of aromatic nitrogens is 1. The van der Waals surface area contributed by atoms with Gasteiger partial charge in [0.1, 0.15) is 5.15 Å². The molecule has 1 aliphatic carbocycles. The Bertz CT molecular complexity index is 730. The van der Waals surface area contributed by atoms with Crippen LogP contribution in [-0.2, 0) is 12.8 Å². The average Bonchev–Trinajstić information content (AvgIpc) is 2.48. The quantitative estimate of drug-likeness (QED) is 0.689. The van der Waals surface area contributed by atoms with E-state index in [0.717, 1.165) is 36.9 Å². The van der Waals surface area contributed by atoms with Crippen LogP contribution in [0.15, 0.2) is 30.3 Å². The number of carbonyl (C=O) groups excluding carboxylic acids is 1. The Morgan fingerprint density at radius 1 is 1.14 bits per heavy atom. The largest absolute Gasteiger partial charge is 0.294 e. The van der Waals surface area contributed by atoms with Gasteiger partial charge in [0.15, 0.2) is 5.78 Å². The number of pyridine rings is 1. The van der Waals surface area contributed by atoms with Crippen molar-refractivity contribution >= 4 is 40.6 Å². The van der Waals surface area contributed by atoms with Gasteiger partial charge in [-0.2, -0.15) is 0 Å². The highest BCUT2D eigenvalue weighted by Gasteiger charge is 2.28. The first-order chi connectivity index (χ1) is 10.5. The molecule has 0 fully saturated rings. The van der Waals surface area contributed by atoms with Crippen LogP contribution in [0.2, 0.25) is 15.2 Å². The number of Topliss-reactive ketones (excluding diaryl/α,β-unsaturated/α-hetero) is 1. The van der Waals surface area contributed by atoms with E-state index in [2.05, 4.69) is 4.98 Å². The third-order valence-corrected chi connectivity index (χ3v) is 4.88. The van der Waals surface area contributed by atoms with Crippen molar-refractivity contribution in [3.63, 3.8) is 0 Å². The number of carbonyl (C=O) groups is 1. The summed E-state index contributed by atoms with van der Waals surface area (Å²) in [5, 5.41) is 1.72. The number of nitrogens with zero attached hydrogens (tertiary/aromatic N) is 1. The van der Waals surface area contributed by atoms with E-state index in [1.54, 1.807) is 18.2 Å². The lowest BCUT2D eigenvalue weighted by molar-refractivity contribution is 0.0894. The first-order valence-electron chi connectivity index (χ1n) is 7.18. The highest BCUT2D eigenvalue weighted by atomic mass is 35.5. The SMILES string of the molecule is O=C1c2ccc(Cl)nc2CCC1CCc1ccc(Cl)cc1Cl. The van der Waals surface area contributed by atoms with Crippen molar-refractivity contribution in [3.05, 3.63) is 62.4 Å². The minimum atomic E-state index is 0.0159. The molecule has 0 bridgehead atoms. The predicted molar refractivity (Wildman–Crippen MR) is 90.2 cm³/mol. The molecule has 0 aliphatic heterocycles. The number of fused-ring (bicyclic) bond motifs is 1. The van der Waals surface area contributed by atoms with Crippen LogP contribution in [-0.4, -0.2) is 10.8 Å². The lowest BCUT2D eigenvalue weighted by atomic mass is 9.82. The van der Waals surface area contributed by atoms with Gasteiger partial charge in [-0.15, -0.1) is 0 Å². The van der Waals surface area contributed by atoms with Gasteiger partial charge in [-0.05, 0) is 55.5 Å². The number of halogens is 3. The molecule has 1 atom stereocenters. The summed E-state index contributed by atoms with van der Waals surface area (Å²) in [6, 6.07) is 8.95. The molecule has 0 radical (unpaired) electrons. The summed E-state index contributed by atoms with van der Waals surface area (Å²) in [7, 11) is 0. The maximum Gasteiger partial charge on any atom is 0.167 e. The maximum absolute atomic E-state index is 12.6. The van der Waals surface area contributed by atoms with Gasteiger partial charge >= 0.3 is 0 Å². The van der Waals surface area contributed by atoms with E-state index in [0.29, 0.717) is 20.8 Å². The number of ketones is 1. The molecule has 0 N–H and O–H groups in total. The summed E-state index contributed by atoms with van der Waals surface area (Å²) in [6.07, 6.45) is 3.15. The van der Waals surface area contributed by atoms with Crippen molar-refractivity contribution in [2.24, 2.45) is 5.92 Å². The minimum absolute atomic E-state index is 0.0159. The van der Waals surface area contributed by atoms with E-state index in [-0.39, 0.29) is 11.7 Å². The molecule has 1 aromatic carbocycles. The van der Waals surface area contributed by atoms with E-state index >= 15 is 0 Å². The molecule has 2 aromatic rings. The Morgan fingerprint density at radius 3 is 2.73 bits per heavy atom. The molecule has 22 heavy (non-hydrogen) atoms. The smallest absolute Gasteiger partial charge is 0.167 e. The van der Waals surface area contributed by atoms with E-state index < -0.39 is 0 Å². The normalized spacial score (nSPS) is 17.4. The maximum atomic E-state index is 12.6. The van der Waals surface area contributed by atoms with Gasteiger partial charge in [-0.1, -0.05) is 40.9 Å². The van der Waals surface area contributed by atoms with Gasteiger partial charge in [-0.25, -0.2) is 4.98 Å². The lowest BCUT2D eigenvalue weighted by Crippen LogP contribution is -2.24. The molecule has 1 aromatic heterocycles. The molecule has 1 unspecified atom stereocenters. The second-order valence-corrected chi connectivity index (χ2v) is 6.73. The van der Waals surface area contributed by atoms with Crippen molar-refractivity contribution in [1.29, 1.82) is 0 Å². The Hall–Kier alpha value is -1.09. The number of hydrogen-bond donors (Lipinski definition) is 0. The molecular weight excluding hydrogens is 341 g/mol. The standard InChI is InChI=1S/C17H14Cl3NO/c18-12-5-3-10(14(19)9-12)1-2-11-4-7-15-13(17(11)22)6-8-16(20)21-15/h3,5-6,8-9,11H,1-2,4,7H2. The van der Waals surface area contributed by atoms with Crippen LogP contribution < -0.4 is 0 Å². The first kappa shape index (κ1) is 15.8. The van der Waals surface area contributed by atoms with Crippen LogP contribution >= 0.6 is 34.8 Å². The molecule has 5 heteroatoms. The summed E-state index contributed by atoms with van der Waals surface area (Å²) >= 11 is 18.0. The fourth-order valence-electron chi connectivity index (χ4n) is 2.88. The van der Waals surface area contributed by atoms with Gasteiger partial charge in [-0.3, -0.25) is 4.79 Å². The second kappa shape index (κ2) is 6.57. The lowest BCUT2D eigenvalue weighted by Gasteiger charge is -2.22. The average molecular weight is 355 g/mol. The molecule has 0 spiro atoms. The van der Waals surface area contributed by atoms with Crippen LogP contribution in [0.25, 0.3) is 0 Å². The second-order valence-electron chi connectivity index (χ2n) is 5.50. The number of aryl methyl sites for hydroxylation is 2. The minimum Gasteiger partial charge on any atom is -0.294 e. The van der Waals surface area contributed by atoms with E-state index in [1.165, 1.54) is 0 Å². The zero-order chi connectivity index (χ0) is 15.7. The van der Waals surface area contributed by atoms with Gasteiger partial charge in [0, 0.05) is 21.5 Å². The van der Waals surface area contributed by atoms with Crippen LogP contribution in [0.4, 0.5) is 0 Å². The fourth-order valence-corrected chi connectivity index (χ4v) is 3.55. The summed E-state index contributed by atoms with van der Waals surface area (Å²) < 4.78 is 0. The van der Waals surface area contributed by atoms with Crippen LogP contribution in [0.5, 0.6) is 0 Å². The predicted octanol–water partition coefficient (Wildman–Crippen LogP) is 5.42. The molecule has 0 saturated heterocycles. The van der Waals surface area contributed by atoms with Gasteiger partial charge in [0.2, 0.25) is 0 Å². The van der Waals surface area contributed by atoms with Gasteiger partial charge < -0.3 is 0 Å². The molecule has 1 aliphatic rings. The summed E-state index contributed by atoms with van der Waals surface area (Å²) in [4.78, 5) is 16.8. The van der Waals surface area contributed by atoms with Crippen molar-refractivity contribution in [2.45, 2.75) is 25.7 Å². The molecule has 2 nitrogen and oxygen atoms in total. The topological polar surface area (TPSA) is 30.0 Å². The number of benzene rings is 1. The molecule has 1 heterocycles. The van der Waals surface area contributed by atoms with E-state index in [4.69, 9.17) is 34.8 Å². The van der Waals surface area contributed by atoms with E-state index in [9.17, 15) is 4.79 Å². The Balaban J connectivity index is 1.72. The monoisotopic (exact) mass is 353 g/mol. The molecule has 114 valence electrons. The molecule has 3 rings (SSSR count). The van der Waals surface area contributed by atoms with Crippen molar-refractivity contribution in [2.75, 3.05) is 0 Å². The Kier molecular flexibility index (Phi) is 4.72. The molecule has 0 amide bonds. The molecular formula is C17H14Cl3NO.